The highest BCUT2D eigenvalue weighted by Crippen LogP contribution is 2.40. The molecular formula is C14H9FOS2. The number of carbonyl (C=O) groups is 1. The van der Waals surface area contributed by atoms with Crippen LogP contribution in [-0.4, -0.2) is 5.78 Å². The van der Waals surface area contributed by atoms with Crippen molar-refractivity contribution in [3.8, 4) is 0 Å². The van der Waals surface area contributed by atoms with Crippen LogP contribution >= 0.6 is 23.1 Å². The monoisotopic (exact) mass is 276 g/mol. The smallest absolute Gasteiger partial charge is 0.173 e. The molecule has 0 amide bonds. The number of fused-ring (bicyclic) bond motifs is 1. The molecule has 1 heterocycles. The van der Waals surface area contributed by atoms with Gasteiger partial charge < -0.3 is 0 Å². The van der Waals surface area contributed by atoms with Crippen molar-refractivity contribution < 1.29 is 9.18 Å². The Hall–Kier alpha value is -1.39. The van der Waals surface area contributed by atoms with E-state index in [-0.39, 0.29) is 11.6 Å². The van der Waals surface area contributed by atoms with Gasteiger partial charge in [0.25, 0.3) is 0 Å². The summed E-state index contributed by atoms with van der Waals surface area (Å²) in [5, 5.41) is 0.882. The number of Topliss-reactive ketones (excluding diaryl/α,β-unsaturated/α-hetero) is 1. The summed E-state index contributed by atoms with van der Waals surface area (Å²) in [4.78, 5) is 12.4. The Morgan fingerprint density at radius 3 is 2.89 bits per heavy atom. The van der Waals surface area contributed by atoms with E-state index in [9.17, 15) is 9.18 Å². The molecule has 1 aliphatic carbocycles. The molecule has 0 fully saturated rings. The highest BCUT2D eigenvalue weighted by molar-refractivity contribution is 8.05. The summed E-state index contributed by atoms with van der Waals surface area (Å²) < 4.78 is 15.1. The normalized spacial score (nSPS) is 15.5. The average Bonchev–Trinajstić information content (AvgIpc) is 2.82. The predicted molar refractivity (Wildman–Crippen MR) is 74.5 cm³/mol. The second-order valence-corrected chi connectivity index (χ2v) is 6.54. The molecular weight excluding hydrogens is 267 g/mol. The lowest BCUT2D eigenvalue weighted by Gasteiger charge is -1.95. The second kappa shape index (κ2) is 4.37. The van der Waals surface area contributed by atoms with Crippen molar-refractivity contribution in [2.45, 2.75) is 10.6 Å². The van der Waals surface area contributed by atoms with E-state index in [1.165, 1.54) is 23.9 Å². The van der Waals surface area contributed by atoms with Crippen LogP contribution in [0.15, 0.2) is 51.6 Å². The van der Waals surface area contributed by atoms with Crippen molar-refractivity contribution in [1.29, 1.82) is 0 Å². The number of hydrogen-bond acceptors (Lipinski definition) is 3. The highest BCUT2D eigenvalue weighted by atomic mass is 32.2. The number of carbonyl (C=O) groups excluding carboxylic acids is 1. The lowest BCUT2D eigenvalue weighted by Crippen LogP contribution is -1.90. The molecule has 90 valence electrons. The van der Waals surface area contributed by atoms with E-state index < -0.39 is 0 Å². The van der Waals surface area contributed by atoms with Crippen molar-refractivity contribution in [1.82, 2.24) is 0 Å². The van der Waals surface area contributed by atoms with E-state index in [1.807, 2.05) is 12.1 Å². The molecule has 0 bridgehead atoms. The maximum atomic E-state index is 13.1. The molecule has 0 saturated heterocycles. The minimum Gasteiger partial charge on any atom is -0.293 e. The summed E-state index contributed by atoms with van der Waals surface area (Å²) in [6, 6.07) is 6.65. The first kappa shape index (κ1) is 11.7. The van der Waals surface area contributed by atoms with E-state index in [0.717, 1.165) is 24.8 Å². The number of allylic oxidation sites excluding steroid dienone is 3. The zero-order chi connectivity index (χ0) is 12.7. The third-order valence-electron chi connectivity index (χ3n) is 2.66. The van der Waals surface area contributed by atoms with E-state index in [0.29, 0.717) is 6.42 Å². The molecule has 3 rings (SSSR count). The molecule has 0 saturated carbocycles. The van der Waals surface area contributed by atoms with Crippen LogP contribution < -0.4 is 0 Å². The van der Waals surface area contributed by atoms with Gasteiger partial charge in [-0.3, -0.25) is 4.79 Å². The largest absolute Gasteiger partial charge is 0.293 e. The van der Waals surface area contributed by atoms with Crippen molar-refractivity contribution in [3.63, 3.8) is 0 Å². The summed E-state index contributed by atoms with van der Waals surface area (Å²) in [6.07, 6.45) is 2.25. The molecule has 0 radical (unpaired) electrons. The Morgan fingerprint density at radius 1 is 1.33 bits per heavy atom. The first-order valence-corrected chi connectivity index (χ1v) is 7.05. The standard InChI is InChI=1S/C14H9FOS2/c1-8-4-11(16)13(5-8)18-14-7-9-6-10(15)2-3-12(9)17-14/h2-3,5-7H,1,4H2. The lowest BCUT2D eigenvalue weighted by atomic mass is 10.3. The summed E-state index contributed by atoms with van der Waals surface area (Å²) in [5.74, 6) is -0.116. The average molecular weight is 276 g/mol. The fourth-order valence-electron chi connectivity index (χ4n) is 1.85. The third-order valence-corrected chi connectivity index (χ3v) is 4.96. The summed E-state index contributed by atoms with van der Waals surface area (Å²) in [6.45, 7) is 3.79. The Kier molecular flexibility index (Phi) is 2.84. The Balaban J connectivity index is 1.94. The van der Waals surface area contributed by atoms with Gasteiger partial charge in [-0.1, -0.05) is 18.3 Å². The number of thiophene rings is 1. The summed E-state index contributed by atoms with van der Waals surface area (Å²) in [7, 11) is 0. The zero-order valence-corrected chi connectivity index (χ0v) is 11.0. The van der Waals surface area contributed by atoms with Gasteiger partial charge >= 0.3 is 0 Å². The molecule has 0 spiro atoms. The molecule has 1 aliphatic rings. The number of halogens is 1. The van der Waals surface area contributed by atoms with Crippen LogP contribution in [-0.2, 0) is 4.79 Å². The van der Waals surface area contributed by atoms with Crippen LogP contribution in [0, 0.1) is 5.82 Å². The van der Waals surface area contributed by atoms with Crippen molar-refractivity contribution in [3.05, 3.63) is 53.2 Å². The van der Waals surface area contributed by atoms with Gasteiger partial charge in [0.1, 0.15) is 5.82 Å². The van der Waals surface area contributed by atoms with E-state index >= 15 is 0 Å². The third kappa shape index (κ3) is 2.13. The Bertz CT molecular complexity index is 697. The quantitative estimate of drug-likeness (QED) is 0.800. The van der Waals surface area contributed by atoms with Crippen molar-refractivity contribution in [2.75, 3.05) is 0 Å². The molecule has 18 heavy (non-hydrogen) atoms. The van der Waals surface area contributed by atoms with Crippen LogP contribution in [0.5, 0.6) is 0 Å². The van der Waals surface area contributed by atoms with Gasteiger partial charge in [-0.2, -0.15) is 0 Å². The molecule has 1 aromatic heterocycles. The molecule has 0 N–H and O–H groups in total. The van der Waals surface area contributed by atoms with Gasteiger partial charge in [0.05, 0.1) is 9.11 Å². The molecule has 0 atom stereocenters. The lowest BCUT2D eigenvalue weighted by molar-refractivity contribution is -0.113. The highest BCUT2D eigenvalue weighted by Gasteiger charge is 2.19. The summed E-state index contributed by atoms with van der Waals surface area (Å²) >= 11 is 3.01. The molecule has 2 aromatic rings. The Morgan fingerprint density at radius 2 is 2.17 bits per heavy atom. The topological polar surface area (TPSA) is 17.1 Å². The van der Waals surface area contributed by atoms with Crippen LogP contribution in [0.2, 0.25) is 0 Å². The van der Waals surface area contributed by atoms with Crippen molar-refractivity contribution >= 4 is 39.0 Å². The van der Waals surface area contributed by atoms with Crippen LogP contribution in [0.25, 0.3) is 10.1 Å². The van der Waals surface area contributed by atoms with Crippen molar-refractivity contribution in [2.24, 2.45) is 0 Å². The van der Waals surface area contributed by atoms with E-state index in [1.54, 1.807) is 17.4 Å². The fraction of sp³-hybridized carbons (Fsp3) is 0.0714. The molecule has 1 aromatic carbocycles. The molecule has 1 nitrogen and oxygen atoms in total. The van der Waals surface area contributed by atoms with E-state index in [4.69, 9.17) is 0 Å². The van der Waals surface area contributed by atoms with Crippen LogP contribution in [0.3, 0.4) is 0 Å². The van der Waals surface area contributed by atoms with Gasteiger partial charge in [0.15, 0.2) is 5.78 Å². The zero-order valence-electron chi connectivity index (χ0n) is 9.40. The second-order valence-electron chi connectivity index (χ2n) is 4.12. The number of rotatable bonds is 2. The molecule has 0 unspecified atom stereocenters. The van der Waals surface area contributed by atoms with Gasteiger partial charge in [0, 0.05) is 11.1 Å². The minimum absolute atomic E-state index is 0.119. The number of thioether (sulfide) groups is 1. The maximum Gasteiger partial charge on any atom is 0.173 e. The maximum absolute atomic E-state index is 13.1. The number of ketones is 1. The first-order valence-electron chi connectivity index (χ1n) is 5.41. The number of benzene rings is 1. The molecule has 4 heteroatoms. The van der Waals surface area contributed by atoms with Crippen LogP contribution in [0.4, 0.5) is 4.39 Å². The predicted octanol–water partition coefficient (Wildman–Crippen LogP) is 4.55. The van der Waals surface area contributed by atoms with Gasteiger partial charge in [0.2, 0.25) is 0 Å². The van der Waals surface area contributed by atoms with Gasteiger partial charge in [-0.25, -0.2) is 4.39 Å². The molecule has 0 aliphatic heterocycles. The minimum atomic E-state index is -0.235. The fourth-order valence-corrected chi connectivity index (χ4v) is 4.14. The SMILES string of the molecule is C=C1C=C(Sc2cc3cc(F)ccc3s2)C(=O)C1. The van der Waals surface area contributed by atoms with Crippen LogP contribution in [0.1, 0.15) is 6.42 Å². The van der Waals surface area contributed by atoms with Gasteiger partial charge in [-0.15, -0.1) is 11.3 Å². The summed E-state index contributed by atoms with van der Waals surface area (Å²) in [5.41, 5.74) is 0.856. The Labute approximate surface area is 112 Å². The number of hydrogen-bond donors (Lipinski definition) is 0. The van der Waals surface area contributed by atoms with Gasteiger partial charge in [-0.05, 0) is 41.3 Å². The van der Waals surface area contributed by atoms with E-state index in [2.05, 4.69) is 6.58 Å². The first-order chi connectivity index (χ1) is 8.61.